The Morgan fingerprint density at radius 1 is 1.06 bits per heavy atom. The first-order valence-electron chi connectivity index (χ1n) is 12.9. The Balaban J connectivity index is 2.03. The number of aromatic amines is 1. The summed E-state index contributed by atoms with van der Waals surface area (Å²) in [5.41, 5.74) is 6.78. The third kappa shape index (κ3) is 6.95. The fourth-order valence-corrected chi connectivity index (χ4v) is 4.85. The molecule has 0 saturated heterocycles. The van der Waals surface area contributed by atoms with Crippen molar-refractivity contribution < 1.29 is 0 Å². The monoisotopic (exact) mass is 434 g/mol. The van der Waals surface area contributed by atoms with Crippen molar-refractivity contribution in [3.05, 3.63) is 71.7 Å². The van der Waals surface area contributed by atoms with Gasteiger partial charge in [-0.3, -0.25) is 4.99 Å². The summed E-state index contributed by atoms with van der Waals surface area (Å²) in [5, 5.41) is 0. The highest BCUT2D eigenvalue weighted by Gasteiger charge is 2.24. The maximum absolute atomic E-state index is 4.76. The molecule has 0 spiro atoms. The van der Waals surface area contributed by atoms with E-state index in [1.165, 1.54) is 66.6 Å². The van der Waals surface area contributed by atoms with Gasteiger partial charge >= 0.3 is 0 Å². The highest BCUT2D eigenvalue weighted by Crippen LogP contribution is 2.31. The van der Waals surface area contributed by atoms with Crippen molar-refractivity contribution in [3.8, 4) is 0 Å². The summed E-state index contributed by atoms with van der Waals surface area (Å²) in [4.78, 5) is 8.23. The van der Waals surface area contributed by atoms with E-state index in [-0.39, 0.29) is 0 Å². The second-order valence-electron chi connectivity index (χ2n) is 9.61. The molecule has 1 heterocycles. The number of aryl methyl sites for hydroxylation is 1. The fraction of sp³-hybridized carbons (Fsp3) is 0.567. The van der Waals surface area contributed by atoms with Gasteiger partial charge in [-0.2, -0.15) is 0 Å². The van der Waals surface area contributed by atoms with Crippen LogP contribution < -0.4 is 0 Å². The van der Waals surface area contributed by atoms with Crippen LogP contribution in [0.4, 0.5) is 0 Å². The van der Waals surface area contributed by atoms with Crippen LogP contribution in [0.25, 0.3) is 0 Å². The predicted octanol–water partition coefficient (Wildman–Crippen LogP) is 9.05. The first-order valence-corrected chi connectivity index (χ1v) is 12.9. The zero-order chi connectivity index (χ0) is 23.5. The van der Waals surface area contributed by atoms with Gasteiger partial charge < -0.3 is 4.98 Å². The van der Waals surface area contributed by atoms with Crippen LogP contribution in [0.1, 0.15) is 114 Å². The molecule has 0 aliphatic rings. The van der Waals surface area contributed by atoms with Gasteiger partial charge in [-0.15, -0.1) is 0 Å². The number of aliphatic imine (C=N–C) groups is 1. The zero-order valence-corrected chi connectivity index (χ0v) is 21.5. The van der Waals surface area contributed by atoms with Crippen molar-refractivity contribution >= 4 is 5.71 Å². The molecular formula is C30H46N2. The molecule has 4 atom stereocenters. The van der Waals surface area contributed by atoms with Crippen molar-refractivity contribution in [2.45, 2.75) is 98.3 Å². The number of hydrogen-bond donors (Lipinski definition) is 1. The van der Waals surface area contributed by atoms with Crippen LogP contribution in [-0.4, -0.2) is 10.7 Å². The topological polar surface area (TPSA) is 28.1 Å². The second kappa shape index (κ2) is 13.5. The number of nitrogens with one attached hydrogen (secondary N) is 1. The van der Waals surface area contributed by atoms with E-state index in [0.29, 0.717) is 23.7 Å². The van der Waals surface area contributed by atoms with Gasteiger partial charge in [-0.1, -0.05) is 91.6 Å². The van der Waals surface area contributed by atoms with Gasteiger partial charge in [0.15, 0.2) is 0 Å². The van der Waals surface area contributed by atoms with E-state index < -0.39 is 0 Å². The molecular weight excluding hydrogens is 388 g/mol. The van der Waals surface area contributed by atoms with Crippen molar-refractivity contribution in [1.82, 2.24) is 4.98 Å². The molecule has 1 aromatic heterocycles. The maximum atomic E-state index is 4.76. The average molecular weight is 435 g/mol. The summed E-state index contributed by atoms with van der Waals surface area (Å²) in [6, 6.07) is 11.5. The Labute approximate surface area is 197 Å². The third-order valence-electron chi connectivity index (χ3n) is 7.34. The summed E-state index contributed by atoms with van der Waals surface area (Å²) in [5.74, 6) is 2.15. The lowest BCUT2D eigenvalue weighted by atomic mass is 9.82. The van der Waals surface area contributed by atoms with Crippen LogP contribution in [0.3, 0.4) is 0 Å². The van der Waals surface area contributed by atoms with Crippen molar-refractivity contribution in [2.75, 3.05) is 0 Å². The molecule has 176 valence electrons. The molecule has 0 fully saturated rings. The molecule has 0 aliphatic carbocycles. The van der Waals surface area contributed by atoms with Crippen molar-refractivity contribution in [1.29, 1.82) is 0 Å². The van der Waals surface area contributed by atoms with Crippen LogP contribution in [0, 0.1) is 11.8 Å². The quantitative estimate of drug-likeness (QED) is 0.287. The number of aromatic nitrogens is 1. The molecule has 2 aromatic rings. The van der Waals surface area contributed by atoms with Crippen LogP contribution >= 0.6 is 0 Å². The minimum absolute atomic E-state index is 0.402. The summed E-state index contributed by atoms with van der Waals surface area (Å²) >= 11 is 0. The average Bonchev–Trinajstić information content (AvgIpc) is 3.29. The molecule has 0 bridgehead atoms. The van der Waals surface area contributed by atoms with Crippen molar-refractivity contribution in [2.24, 2.45) is 16.8 Å². The minimum atomic E-state index is 0.402. The third-order valence-corrected chi connectivity index (χ3v) is 7.34. The fourth-order valence-electron chi connectivity index (χ4n) is 4.85. The number of H-pyrrole nitrogens is 1. The highest BCUT2D eigenvalue weighted by atomic mass is 14.8. The van der Waals surface area contributed by atoms with Crippen LogP contribution in [-0.2, 0) is 6.42 Å². The Morgan fingerprint density at radius 3 is 2.50 bits per heavy atom. The lowest BCUT2D eigenvalue weighted by Gasteiger charge is -2.24. The SMILES string of the molecule is C=CN=C(c1cc[nH]c1C(C)CC)C(C)C(C)CCCC(CC)c1cccc(CCC)c1. The minimum Gasteiger partial charge on any atom is -0.364 e. The molecule has 2 heteroatoms. The van der Waals surface area contributed by atoms with E-state index in [1.54, 1.807) is 6.20 Å². The van der Waals surface area contributed by atoms with E-state index in [0.717, 1.165) is 6.42 Å². The van der Waals surface area contributed by atoms with E-state index in [4.69, 9.17) is 4.99 Å². The van der Waals surface area contributed by atoms with Gasteiger partial charge in [-0.05, 0) is 60.6 Å². The molecule has 0 amide bonds. The molecule has 4 unspecified atom stereocenters. The van der Waals surface area contributed by atoms with E-state index in [1.807, 2.05) is 0 Å². The van der Waals surface area contributed by atoms with Gasteiger partial charge in [0.05, 0.1) is 5.71 Å². The molecule has 0 saturated carbocycles. The van der Waals surface area contributed by atoms with Crippen LogP contribution in [0.5, 0.6) is 0 Å². The van der Waals surface area contributed by atoms with Gasteiger partial charge in [0.2, 0.25) is 0 Å². The lowest BCUT2D eigenvalue weighted by Crippen LogP contribution is -2.21. The summed E-state index contributed by atoms with van der Waals surface area (Å²) in [6.45, 7) is 17.8. The van der Waals surface area contributed by atoms with E-state index in [9.17, 15) is 0 Å². The smallest absolute Gasteiger partial charge is 0.0524 e. The Hall–Kier alpha value is -2.09. The maximum Gasteiger partial charge on any atom is 0.0524 e. The molecule has 0 aliphatic heterocycles. The second-order valence-corrected chi connectivity index (χ2v) is 9.61. The standard InChI is InChI=1S/C30H46N2/c1-8-14-25-16-13-18-27(21-25)26(10-3)17-12-15-23(6)24(7)30(31-11-4)28-19-20-32-29(28)22(5)9-2/h11,13,16,18-24,26,32H,4,8-10,12,14-15,17H2,1-3,5-7H3. The lowest BCUT2D eigenvalue weighted by molar-refractivity contribution is 0.414. The molecule has 2 rings (SSSR count). The number of nitrogens with zero attached hydrogens (tertiary/aromatic N) is 1. The first kappa shape index (κ1) is 26.2. The number of rotatable bonds is 14. The Bertz CT molecular complexity index is 844. The number of benzene rings is 1. The highest BCUT2D eigenvalue weighted by molar-refractivity contribution is 6.03. The molecule has 32 heavy (non-hydrogen) atoms. The van der Waals surface area contributed by atoms with Gasteiger partial charge in [0.1, 0.15) is 0 Å². The van der Waals surface area contributed by atoms with Crippen molar-refractivity contribution in [3.63, 3.8) is 0 Å². The predicted molar refractivity (Wildman–Crippen MR) is 142 cm³/mol. The first-order chi connectivity index (χ1) is 15.5. The molecule has 0 radical (unpaired) electrons. The largest absolute Gasteiger partial charge is 0.364 e. The van der Waals surface area contributed by atoms with E-state index >= 15 is 0 Å². The van der Waals surface area contributed by atoms with E-state index in [2.05, 4.69) is 89.6 Å². The number of hydrogen-bond acceptors (Lipinski definition) is 1. The summed E-state index contributed by atoms with van der Waals surface area (Å²) < 4.78 is 0. The van der Waals surface area contributed by atoms with Crippen LogP contribution in [0.15, 0.2) is 54.3 Å². The Kier molecular flexibility index (Phi) is 11.0. The molecule has 1 N–H and O–H groups in total. The van der Waals surface area contributed by atoms with Crippen LogP contribution in [0.2, 0.25) is 0 Å². The van der Waals surface area contributed by atoms with Gasteiger partial charge in [0, 0.05) is 29.6 Å². The molecule has 2 nitrogen and oxygen atoms in total. The summed E-state index contributed by atoms with van der Waals surface area (Å²) in [7, 11) is 0. The Morgan fingerprint density at radius 2 is 1.84 bits per heavy atom. The summed E-state index contributed by atoms with van der Waals surface area (Å²) in [6.07, 6.45) is 12.3. The zero-order valence-electron chi connectivity index (χ0n) is 21.5. The normalized spacial score (nSPS) is 15.9. The van der Waals surface area contributed by atoms with Gasteiger partial charge in [0.25, 0.3) is 0 Å². The van der Waals surface area contributed by atoms with Gasteiger partial charge in [-0.25, -0.2) is 0 Å². The molecule has 1 aromatic carbocycles.